The Kier molecular flexibility index (Phi) is 4.77. The van der Waals surface area contributed by atoms with Crippen LogP contribution in [0, 0.1) is 0 Å². The normalized spacial score (nSPS) is 13.9. The molecule has 0 aliphatic rings. The van der Waals surface area contributed by atoms with Gasteiger partial charge in [0.15, 0.2) is 0 Å². The first kappa shape index (κ1) is 17.1. The maximum Gasteiger partial charge on any atom is 0.113 e. The Morgan fingerprint density at radius 2 is 1.63 bits per heavy atom. The third kappa shape index (κ3) is 3.64. The zero-order valence-electron chi connectivity index (χ0n) is 15.0. The molecule has 0 aliphatic carbocycles. The minimum Gasteiger partial charge on any atom is -0.386 e. The van der Waals surface area contributed by atoms with Gasteiger partial charge in [0, 0.05) is 6.21 Å². The summed E-state index contributed by atoms with van der Waals surface area (Å²) in [5.41, 5.74) is 4.62. The molecule has 0 unspecified atom stereocenters. The standard InChI is InChI=1S/C22H20N4O/c1-16(22(27)18-7-3-2-4-8-18)23-15-17-11-13-19(14-12-17)26-21-10-6-5-9-20(21)24-25-26/h2-16,22,27H,1H3/t16-,22+/m1/s1. The van der Waals surface area contributed by atoms with Crippen molar-refractivity contribution in [3.8, 4) is 5.69 Å². The molecule has 1 aromatic heterocycles. The van der Waals surface area contributed by atoms with Crippen LogP contribution in [0.3, 0.4) is 0 Å². The molecule has 0 spiro atoms. The van der Waals surface area contributed by atoms with Crippen LogP contribution in [0.15, 0.2) is 83.9 Å². The number of fused-ring (bicyclic) bond motifs is 1. The molecule has 4 aromatic rings. The molecule has 1 heterocycles. The lowest BCUT2D eigenvalue weighted by atomic mass is 10.0. The van der Waals surface area contributed by atoms with Gasteiger partial charge in [-0.05, 0) is 42.3 Å². The lowest BCUT2D eigenvalue weighted by Gasteiger charge is -2.15. The molecule has 3 aromatic carbocycles. The van der Waals surface area contributed by atoms with Crippen molar-refractivity contribution in [3.63, 3.8) is 0 Å². The van der Waals surface area contributed by atoms with Crippen LogP contribution >= 0.6 is 0 Å². The van der Waals surface area contributed by atoms with Gasteiger partial charge in [0.2, 0.25) is 0 Å². The van der Waals surface area contributed by atoms with Crippen LogP contribution in [0.5, 0.6) is 0 Å². The number of hydrogen-bond donors (Lipinski definition) is 1. The quantitative estimate of drug-likeness (QED) is 0.551. The molecule has 0 aliphatic heterocycles. The Morgan fingerprint density at radius 1 is 0.926 bits per heavy atom. The molecule has 27 heavy (non-hydrogen) atoms. The predicted molar refractivity (Wildman–Crippen MR) is 107 cm³/mol. The van der Waals surface area contributed by atoms with Crippen molar-refractivity contribution in [1.82, 2.24) is 15.0 Å². The van der Waals surface area contributed by atoms with Crippen LogP contribution in [0.1, 0.15) is 24.2 Å². The van der Waals surface area contributed by atoms with Gasteiger partial charge in [0.25, 0.3) is 0 Å². The van der Waals surface area contributed by atoms with Crippen LogP contribution in [-0.2, 0) is 0 Å². The van der Waals surface area contributed by atoms with E-state index in [-0.39, 0.29) is 6.04 Å². The summed E-state index contributed by atoms with van der Waals surface area (Å²) in [6.07, 6.45) is 1.17. The Hall–Kier alpha value is -3.31. The second-order valence-corrected chi connectivity index (χ2v) is 6.46. The highest BCUT2D eigenvalue weighted by atomic mass is 16.3. The second kappa shape index (κ2) is 7.51. The van der Waals surface area contributed by atoms with E-state index >= 15 is 0 Å². The number of aliphatic hydroxyl groups is 1. The average molecular weight is 356 g/mol. The first-order chi connectivity index (χ1) is 13.2. The molecule has 1 N–H and O–H groups in total. The van der Waals surface area contributed by atoms with E-state index in [1.807, 2.05) is 90.5 Å². The van der Waals surface area contributed by atoms with E-state index in [0.717, 1.165) is 27.8 Å². The fraction of sp³-hybridized carbons (Fsp3) is 0.136. The Balaban J connectivity index is 1.50. The van der Waals surface area contributed by atoms with Gasteiger partial charge < -0.3 is 5.11 Å². The molecule has 0 bridgehead atoms. The number of aliphatic imine (C=N–C) groups is 1. The number of rotatable bonds is 5. The molecule has 4 rings (SSSR count). The van der Waals surface area contributed by atoms with E-state index in [4.69, 9.17) is 0 Å². The van der Waals surface area contributed by atoms with Crippen molar-refractivity contribution >= 4 is 17.2 Å². The van der Waals surface area contributed by atoms with Crippen molar-refractivity contribution in [2.75, 3.05) is 0 Å². The second-order valence-electron chi connectivity index (χ2n) is 6.46. The van der Waals surface area contributed by atoms with Crippen LogP contribution in [0.25, 0.3) is 16.7 Å². The minimum absolute atomic E-state index is 0.230. The molecule has 0 radical (unpaired) electrons. The highest BCUT2D eigenvalue weighted by Crippen LogP contribution is 2.19. The van der Waals surface area contributed by atoms with Gasteiger partial charge in [-0.3, -0.25) is 4.99 Å². The minimum atomic E-state index is -0.622. The Morgan fingerprint density at radius 3 is 2.41 bits per heavy atom. The van der Waals surface area contributed by atoms with Crippen LogP contribution < -0.4 is 0 Å². The Bertz CT molecular complexity index is 1050. The highest BCUT2D eigenvalue weighted by molar-refractivity contribution is 5.80. The van der Waals surface area contributed by atoms with E-state index in [0.29, 0.717) is 0 Å². The van der Waals surface area contributed by atoms with E-state index in [2.05, 4.69) is 15.3 Å². The summed E-state index contributed by atoms with van der Waals surface area (Å²) in [4.78, 5) is 4.50. The number of para-hydroxylation sites is 1. The number of benzene rings is 3. The van der Waals surface area contributed by atoms with Crippen molar-refractivity contribution in [2.45, 2.75) is 19.1 Å². The number of aromatic nitrogens is 3. The molecule has 0 fully saturated rings. The number of hydrogen-bond acceptors (Lipinski definition) is 4. The lowest BCUT2D eigenvalue weighted by Crippen LogP contribution is -2.12. The number of aliphatic hydroxyl groups excluding tert-OH is 1. The van der Waals surface area contributed by atoms with Crippen LogP contribution in [0.2, 0.25) is 0 Å². The topological polar surface area (TPSA) is 63.3 Å². The summed E-state index contributed by atoms with van der Waals surface area (Å²) in [6.45, 7) is 1.91. The van der Waals surface area contributed by atoms with Gasteiger partial charge in [0.1, 0.15) is 11.6 Å². The molecular formula is C22H20N4O. The van der Waals surface area contributed by atoms with Crippen molar-refractivity contribution in [2.24, 2.45) is 4.99 Å². The summed E-state index contributed by atoms with van der Waals surface area (Å²) < 4.78 is 1.82. The molecule has 134 valence electrons. The smallest absolute Gasteiger partial charge is 0.113 e. The third-order valence-corrected chi connectivity index (χ3v) is 4.55. The molecule has 5 nitrogen and oxygen atoms in total. The maximum absolute atomic E-state index is 10.4. The molecule has 5 heteroatoms. The first-order valence-corrected chi connectivity index (χ1v) is 8.89. The van der Waals surface area contributed by atoms with E-state index in [1.54, 1.807) is 6.21 Å². The lowest BCUT2D eigenvalue weighted by molar-refractivity contribution is 0.154. The summed E-state index contributed by atoms with van der Waals surface area (Å²) in [5, 5.41) is 18.8. The zero-order valence-corrected chi connectivity index (χ0v) is 15.0. The zero-order chi connectivity index (χ0) is 18.6. The summed E-state index contributed by atoms with van der Waals surface area (Å²) in [7, 11) is 0. The summed E-state index contributed by atoms with van der Waals surface area (Å²) in [6, 6.07) is 25.2. The molecular weight excluding hydrogens is 336 g/mol. The predicted octanol–water partition coefficient (Wildman–Crippen LogP) is 3.96. The highest BCUT2D eigenvalue weighted by Gasteiger charge is 2.14. The molecule has 2 atom stereocenters. The summed E-state index contributed by atoms with van der Waals surface area (Å²) in [5.74, 6) is 0. The maximum atomic E-state index is 10.4. The van der Waals surface area contributed by atoms with Crippen LogP contribution in [-0.4, -0.2) is 32.4 Å². The molecule has 0 saturated carbocycles. The van der Waals surface area contributed by atoms with Gasteiger partial charge >= 0.3 is 0 Å². The molecule has 0 amide bonds. The number of nitrogens with zero attached hydrogens (tertiary/aromatic N) is 4. The van der Waals surface area contributed by atoms with Crippen molar-refractivity contribution in [3.05, 3.63) is 90.0 Å². The average Bonchev–Trinajstić information content (AvgIpc) is 3.16. The molecule has 0 saturated heterocycles. The third-order valence-electron chi connectivity index (χ3n) is 4.55. The van der Waals surface area contributed by atoms with Crippen molar-refractivity contribution in [1.29, 1.82) is 0 Å². The van der Waals surface area contributed by atoms with Gasteiger partial charge in [-0.15, -0.1) is 5.10 Å². The largest absolute Gasteiger partial charge is 0.386 e. The fourth-order valence-corrected chi connectivity index (χ4v) is 2.98. The first-order valence-electron chi connectivity index (χ1n) is 8.89. The fourth-order valence-electron chi connectivity index (χ4n) is 2.98. The van der Waals surface area contributed by atoms with E-state index in [1.165, 1.54) is 0 Å². The monoisotopic (exact) mass is 356 g/mol. The van der Waals surface area contributed by atoms with Gasteiger partial charge in [-0.1, -0.05) is 59.8 Å². The van der Waals surface area contributed by atoms with Gasteiger partial charge in [0.05, 0.1) is 17.2 Å². The summed E-state index contributed by atoms with van der Waals surface area (Å²) >= 11 is 0. The van der Waals surface area contributed by atoms with Gasteiger partial charge in [-0.2, -0.15) is 0 Å². The van der Waals surface area contributed by atoms with Crippen molar-refractivity contribution < 1.29 is 5.11 Å². The van der Waals surface area contributed by atoms with Crippen LogP contribution in [0.4, 0.5) is 0 Å². The van der Waals surface area contributed by atoms with Gasteiger partial charge in [-0.25, -0.2) is 4.68 Å². The Labute approximate surface area is 157 Å². The SMILES string of the molecule is C[C@@H](N=Cc1ccc(-n2nnc3ccccc32)cc1)[C@H](O)c1ccccc1. The van der Waals surface area contributed by atoms with E-state index < -0.39 is 6.10 Å². The van der Waals surface area contributed by atoms with E-state index in [9.17, 15) is 5.11 Å².